The molecule has 32 heavy (non-hydrogen) atoms. The van der Waals surface area contributed by atoms with Gasteiger partial charge in [-0.2, -0.15) is 0 Å². The minimum atomic E-state index is -1.01. The minimum Gasteiger partial charge on any atom is -0.485 e. The van der Waals surface area contributed by atoms with E-state index in [1.165, 1.54) is 42.5 Å². The highest BCUT2D eigenvalue weighted by atomic mass is 19.2. The molecule has 0 unspecified atom stereocenters. The molecular weight excluding hydrogens is 420 g/mol. The van der Waals surface area contributed by atoms with Crippen LogP contribution in [0.3, 0.4) is 0 Å². The Labute approximate surface area is 182 Å². The third-order valence-electron chi connectivity index (χ3n) is 4.83. The molecule has 4 rings (SSSR count). The van der Waals surface area contributed by atoms with Crippen LogP contribution in [0.25, 0.3) is 11.1 Å². The van der Waals surface area contributed by atoms with Crippen LogP contribution in [0.4, 0.5) is 17.6 Å². The molecule has 0 saturated carbocycles. The Balaban J connectivity index is 1.54. The highest BCUT2D eigenvalue weighted by molar-refractivity contribution is 5.65. The molecule has 0 aromatic heterocycles. The molecule has 0 amide bonds. The van der Waals surface area contributed by atoms with Gasteiger partial charge in [-0.05, 0) is 41.5 Å². The zero-order valence-electron chi connectivity index (χ0n) is 16.8. The molecule has 0 N–H and O–H groups in total. The van der Waals surface area contributed by atoms with Crippen molar-refractivity contribution in [3.8, 4) is 22.6 Å². The average Bonchev–Trinajstić information content (AvgIpc) is 2.80. The highest BCUT2D eigenvalue weighted by Crippen LogP contribution is 2.31. The molecule has 0 atom stereocenters. The summed E-state index contributed by atoms with van der Waals surface area (Å²) in [6.07, 6.45) is 0. The van der Waals surface area contributed by atoms with Crippen LogP contribution < -0.4 is 9.47 Å². The van der Waals surface area contributed by atoms with Crippen molar-refractivity contribution in [3.63, 3.8) is 0 Å². The van der Waals surface area contributed by atoms with Gasteiger partial charge in [0.1, 0.15) is 24.8 Å². The Morgan fingerprint density at radius 1 is 0.594 bits per heavy atom. The van der Waals surface area contributed by atoms with Crippen LogP contribution in [0.1, 0.15) is 11.1 Å². The topological polar surface area (TPSA) is 18.5 Å². The monoisotopic (exact) mass is 438 g/mol. The van der Waals surface area contributed by atoms with Crippen molar-refractivity contribution in [1.29, 1.82) is 0 Å². The smallest absolute Gasteiger partial charge is 0.166 e. The fourth-order valence-corrected chi connectivity index (χ4v) is 3.18. The van der Waals surface area contributed by atoms with Gasteiger partial charge in [-0.25, -0.2) is 17.6 Å². The van der Waals surface area contributed by atoms with Gasteiger partial charge in [0.15, 0.2) is 23.1 Å². The van der Waals surface area contributed by atoms with Crippen molar-refractivity contribution in [2.75, 3.05) is 0 Å². The Morgan fingerprint density at radius 2 is 1.38 bits per heavy atom. The first-order valence-corrected chi connectivity index (χ1v) is 9.83. The van der Waals surface area contributed by atoms with Crippen LogP contribution in [0.2, 0.25) is 0 Å². The molecule has 0 aliphatic carbocycles. The summed E-state index contributed by atoms with van der Waals surface area (Å²) in [4.78, 5) is 0. The van der Waals surface area contributed by atoms with E-state index in [-0.39, 0.29) is 35.8 Å². The Bertz CT molecular complexity index is 1230. The van der Waals surface area contributed by atoms with E-state index in [4.69, 9.17) is 9.47 Å². The maximum absolute atomic E-state index is 14.4. The number of hydrogen-bond donors (Lipinski definition) is 0. The van der Waals surface area contributed by atoms with Gasteiger partial charge in [0.25, 0.3) is 0 Å². The molecule has 0 aliphatic rings. The standard InChI is InChI=1S/C26H18F4O2/c27-20-10-12-24(25(14-20)31-15-17-5-2-1-3-6-17)32-16-19-13-18(9-11-22(19)28)21-7-4-8-23(29)26(21)30/h1-14H,15-16H2. The molecular formula is C26H18F4O2. The molecule has 0 fully saturated rings. The van der Waals surface area contributed by atoms with Crippen molar-refractivity contribution in [3.05, 3.63) is 119 Å². The summed E-state index contributed by atoms with van der Waals surface area (Å²) in [5.74, 6) is -2.68. The lowest BCUT2D eigenvalue weighted by Crippen LogP contribution is -2.03. The van der Waals surface area contributed by atoms with Gasteiger partial charge in [0, 0.05) is 17.2 Å². The fourth-order valence-electron chi connectivity index (χ4n) is 3.18. The molecule has 0 spiro atoms. The van der Waals surface area contributed by atoms with Crippen molar-refractivity contribution < 1.29 is 27.0 Å². The first-order chi connectivity index (χ1) is 15.5. The van der Waals surface area contributed by atoms with Crippen LogP contribution in [0, 0.1) is 23.3 Å². The first-order valence-electron chi connectivity index (χ1n) is 9.83. The Morgan fingerprint density at radius 3 is 2.19 bits per heavy atom. The number of benzene rings is 4. The second-order valence-corrected chi connectivity index (χ2v) is 7.06. The summed E-state index contributed by atoms with van der Waals surface area (Å²) in [7, 11) is 0. The molecule has 0 saturated heterocycles. The van der Waals surface area contributed by atoms with Crippen LogP contribution in [-0.2, 0) is 13.2 Å². The lowest BCUT2D eigenvalue weighted by atomic mass is 10.0. The van der Waals surface area contributed by atoms with E-state index in [1.807, 2.05) is 30.3 Å². The molecule has 4 aromatic rings. The van der Waals surface area contributed by atoms with Crippen molar-refractivity contribution in [2.45, 2.75) is 13.2 Å². The molecule has 0 radical (unpaired) electrons. The minimum absolute atomic E-state index is 0.0138. The van der Waals surface area contributed by atoms with Gasteiger partial charge in [0.05, 0.1) is 0 Å². The zero-order chi connectivity index (χ0) is 22.5. The van der Waals surface area contributed by atoms with Crippen LogP contribution >= 0.6 is 0 Å². The quantitative estimate of drug-likeness (QED) is 0.287. The second-order valence-electron chi connectivity index (χ2n) is 7.06. The summed E-state index contributed by atoms with van der Waals surface area (Å²) < 4.78 is 67.2. The van der Waals surface area contributed by atoms with E-state index in [9.17, 15) is 17.6 Å². The summed E-state index contributed by atoms with van der Waals surface area (Å²) >= 11 is 0. The van der Waals surface area contributed by atoms with E-state index in [0.717, 1.165) is 17.7 Å². The van der Waals surface area contributed by atoms with Crippen LogP contribution in [0.5, 0.6) is 11.5 Å². The van der Waals surface area contributed by atoms with E-state index in [2.05, 4.69) is 0 Å². The van der Waals surface area contributed by atoms with Crippen LogP contribution in [-0.4, -0.2) is 0 Å². The largest absolute Gasteiger partial charge is 0.485 e. The zero-order valence-corrected chi connectivity index (χ0v) is 16.8. The number of ether oxygens (including phenoxy) is 2. The summed E-state index contributed by atoms with van der Waals surface area (Å²) in [5.41, 5.74) is 1.34. The predicted molar refractivity (Wildman–Crippen MR) is 113 cm³/mol. The van der Waals surface area contributed by atoms with Crippen LogP contribution in [0.15, 0.2) is 84.9 Å². The number of halogens is 4. The predicted octanol–water partition coefficient (Wildman–Crippen LogP) is 7.07. The van der Waals surface area contributed by atoms with E-state index < -0.39 is 23.3 Å². The van der Waals surface area contributed by atoms with Gasteiger partial charge in [-0.15, -0.1) is 0 Å². The molecule has 0 heterocycles. The summed E-state index contributed by atoms with van der Waals surface area (Å²) in [5, 5.41) is 0. The SMILES string of the molecule is Fc1ccc(OCc2cc(-c3cccc(F)c3F)ccc2F)c(OCc2ccccc2)c1. The van der Waals surface area contributed by atoms with E-state index in [1.54, 1.807) is 0 Å². The van der Waals surface area contributed by atoms with Crippen molar-refractivity contribution >= 4 is 0 Å². The lowest BCUT2D eigenvalue weighted by Gasteiger charge is -2.14. The number of hydrogen-bond acceptors (Lipinski definition) is 2. The fraction of sp³-hybridized carbons (Fsp3) is 0.0769. The third kappa shape index (κ3) is 4.91. The summed E-state index contributed by atoms with van der Waals surface area (Å²) in [6, 6.07) is 20.8. The van der Waals surface area contributed by atoms with E-state index in [0.29, 0.717) is 5.56 Å². The Hall–Kier alpha value is -3.80. The lowest BCUT2D eigenvalue weighted by molar-refractivity contribution is 0.252. The van der Waals surface area contributed by atoms with Gasteiger partial charge in [-0.1, -0.05) is 48.5 Å². The average molecular weight is 438 g/mol. The summed E-state index contributed by atoms with van der Waals surface area (Å²) in [6.45, 7) is -0.0206. The van der Waals surface area contributed by atoms with Gasteiger partial charge in [0.2, 0.25) is 0 Å². The molecule has 0 aliphatic heterocycles. The molecule has 6 heteroatoms. The molecule has 2 nitrogen and oxygen atoms in total. The highest BCUT2D eigenvalue weighted by Gasteiger charge is 2.14. The maximum Gasteiger partial charge on any atom is 0.166 e. The maximum atomic E-state index is 14.4. The first kappa shape index (κ1) is 21.4. The normalized spacial score (nSPS) is 10.8. The molecule has 162 valence electrons. The second kappa shape index (κ2) is 9.56. The molecule has 0 bridgehead atoms. The third-order valence-corrected chi connectivity index (χ3v) is 4.83. The van der Waals surface area contributed by atoms with Crippen molar-refractivity contribution in [1.82, 2.24) is 0 Å². The van der Waals surface area contributed by atoms with Gasteiger partial charge < -0.3 is 9.47 Å². The van der Waals surface area contributed by atoms with Crippen molar-refractivity contribution in [2.24, 2.45) is 0 Å². The Kier molecular flexibility index (Phi) is 6.40. The van der Waals surface area contributed by atoms with E-state index >= 15 is 0 Å². The van der Waals surface area contributed by atoms with Gasteiger partial charge >= 0.3 is 0 Å². The molecule has 4 aromatic carbocycles. The number of rotatable bonds is 7. The van der Waals surface area contributed by atoms with Gasteiger partial charge in [-0.3, -0.25) is 0 Å².